The molecule has 1 aromatic rings. The van der Waals surface area contributed by atoms with Gasteiger partial charge in [0.05, 0.1) is 5.60 Å². The van der Waals surface area contributed by atoms with Gasteiger partial charge in [-0.15, -0.1) is 0 Å². The van der Waals surface area contributed by atoms with Crippen molar-refractivity contribution in [3.63, 3.8) is 0 Å². The fourth-order valence-corrected chi connectivity index (χ4v) is 2.28. The van der Waals surface area contributed by atoms with E-state index in [0.29, 0.717) is 38.2 Å². The van der Waals surface area contributed by atoms with Crippen LogP contribution in [0.4, 0.5) is 0 Å². The third kappa shape index (κ3) is 4.72. The number of aliphatic hydroxyl groups is 1. The second-order valence-electron chi connectivity index (χ2n) is 5.38. The third-order valence-electron chi connectivity index (χ3n) is 3.70. The number of carbonyl (C=O) groups is 1. The minimum absolute atomic E-state index is 0.193. The van der Waals surface area contributed by atoms with Crippen LogP contribution in [0.3, 0.4) is 0 Å². The first-order valence-corrected chi connectivity index (χ1v) is 7.42. The van der Waals surface area contributed by atoms with Crippen LogP contribution in [-0.2, 0) is 9.53 Å². The summed E-state index contributed by atoms with van der Waals surface area (Å²) >= 11 is 0. The molecule has 1 atom stereocenters. The Labute approximate surface area is 125 Å². The molecule has 0 spiro atoms. The standard InChI is InChI=1S/C16H23NO4/c1-2-14(21-13-6-4-3-5-7-13)15(18)17-12-16(19)8-10-20-11-9-16/h3-7,14,19H,2,8-12H2,1H3,(H,17,18). The van der Waals surface area contributed by atoms with Crippen LogP contribution < -0.4 is 10.1 Å². The van der Waals surface area contributed by atoms with E-state index in [1.165, 1.54) is 0 Å². The van der Waals surface area contributed by atoms with Crippen molar-refractivity contribution in [2.75, 3.05) is 19.8 Å². The molecule has 0 radical (unpaired) electrons. The van der Waals surface area contributed by atoms with Crippen molar-refractivity contribution in [1.82, 2.24) is 5.32 Å². The average Bonchev–Trinajstić information content (AvgIpc) is 2.52. The van der Waals surface area contributed by atoms with Crippen LogP contribution in [0, 0.1) is 0 Å². The molecule has 1 amide bonds. The van der Waals surface area contributed by atoms with Crippen molar-refractivity contribution >= 4 is 5.91 Å². The molecule has 0 saturated carbocycles. The fraction of sp³-hybridized carbons (Fsp3) is 0.562. The van der Waals surface area contributed by atoms with Crippen LogP contribution in [0.15, 0.2) is 30.3 Å². The number of amides is 1. The third-order valence-corrected chi connectivity index (χ3v) is 3.70. The summed E-state index contributed by atoms with van der Waals surface area (Å²) in [6, 6.07) is 9.27. The van der Waals surface area contributed by atoms with Crippen molar-refractivity contribution in [2.24, 2.45) is 0 Å². The van der Waals surface area contributed by atoms with E-state index in [0.717, 1.165) is 0 Å². The lowest BCUT2D eigenvalue weighted by molar-refractivity contribution is -0.130. The molecule has 1 fully saturated rings. The number of nitrogens with one attached hydrogen (secondary N) is 1. The van der Waals surface area contributed by atoms with Crippen LogP contribution in [-0.4, -0.2) is 42.5 Å². The van der Waals surface area contributed by atoms with Gasteiger partial charge in [0.25, 0.3) is 5.91 Å². The van der Waals surface area contributed by atoms with Gasteiger partial charge < -0.3 is 19.9 Å². The lowest BCUT2D eigenvalue weighted by Gasteiger charge is -2.32. The van der Waals surface area contributed by atoms with E-state index in [-0.39, 0.29) is 12.5 Å². The fourth-order valence-electron chi connectivity index (χ4n) is 2.28. The Bertz CT molecular complexity index is 443. The first-order valence-electron chi connectivity index (χ1n) is 7.42. The molecule has 116 valence electrons. The van der Waals surface area contributed by atoms with Gasteiger partial charge in [0.2, 0.25) is 0 Å². The summed E-state index contributed by atoms with van der Waals surface area (Å²) in [5.74, 6) is 0.477. The number of para-hydroxylation sites is 1. The summed E-state index contributed by atoms with van der Waals surface area (Å²) in [6.45, 7) is 3.20. The Morgan fingerprint density at radius 3 is 2.67 bits per heavy atom. The van der Waals surface area contributed by atoms with E-state index < -0.39 is 11.7 Å². The summed E-state index contributed by atoms with van der Waals surface area (Å²) in [6.07, 6.45) is 1.12. The first-order chi connectivity index (χ1) is 10.1. The van der Waals surface area contributed by atoms with Gasteiger partial charge in [0, 0.05) is 32.6 Å². The maximum atomic E-state index is 12.2. The van der Waals surface area contributed by atoms with Gasteiger partial charge in [0.15, 0.2) is 6.10 Å². The van der Waals surface area contributed by atoms with Crippen LogP contribution in [0.2, 0.25) is 0 Å². The van der Waals surface area contributed by atoms with Gasteiger partial charge in [0.1, 0.15) is 5.75 Å². The van der Waals surface area contributed by atoms with Gasteiger partial charge >= 0.3 is 0 Å². The molecule has 1 heterocycles. The van der Waals surface area contributed by atoms with Gasteiger partial charge in [-0.05, 0) is 18.6 Å². The van der Waals surface area contributed by atoms with E-state index >= 15 is 0 Å². The molecule has 1 saturated heterocycles. The van der Waals surface area contributed by atoms with Crippen LogP contribution in [0.5, 0.6) is 5.75 Å². The summed E-state index contributed by atoms with van der Waals surface area (Å²) in [5.41, 5.74) is -0.862. The van der Waals surface area contributed by atoms with E-state index in [2.05, 4.69) is 5.32 Å². The summed E-state index contributed by atoms with van der Waals surface area (Å²) in [4.78, 5) is 12.2. The van der Waals surface area contributed by atoms with Crippen molar-refractivity contribution in [2.45, 2.75) is 37.9 Å². The minimum Gasteiger partial charge on any atom is -0.481 e. The Morgan fingerprint density at radius 1 is 1.38 bits per heavy atom. The largest absolute Gasteiger partial charge is 0.481 e. The van der Waals surface area contributed by atoms with Crippen LogP contribution >= 0.6 is 0 Å². The Morgan fingerprint density at radius 2 is 2.05 bits per heavy atom. The highest BCUT2D eigenvalue weighted by molar-refractivity contribution is 5.81. The van der Waals surface area contributed by atoms with Crippen molar-refractivity contribution in [3.8, 4) is 5.75 Å². The quantitative estimate of drug-likeness (QED) is 0.834. The van der Waals surface area contributed by atoms with Crippen molar-refractivity contribution < 1.29 is 19.4 Å². The van der Waals surface area contributed by atoms with Crippen molar-refractivity contribution in [1.29, 1.82) is 0 Å². The lowest BCUT2D eigenvalue weighted by Crippen LogP contribution is -2.49. The SMILES string of the molecule is CCC(Oc1ccccc1)C(=O)NCC1(O)CCOCC1. The normalized spacial score (nSPS) is 18.8. The summed E-state index contributed by atoms with van der Waals surface area (Å²) in [7, 11) is 0. The molecule has 0 aromatic heterocycles. The second kappa shape index (κ2) is 7.43. The molecular formula is C16H23NO4. The van der Waals surface area contributed by atoms with Crippen LogP contribution in [0.25, 0.3) is 0 Å². The van der Waals surface area contributed by atoms with Gasteiger partial charge in [-0.3, -0.25) is 4.79 Å². The zero-order chi connectivity index (χ0) is 15.1. The molecule has 0 bridgehead atoms. The molecule has 2 rings (SSSR count). The Hall–Kier alpha value is -1.59. The molecule has 2 N–H and O–H groups in total. The van der Waals surface area contributed by atoms with Crippen molar-refractivity contribution in [3.05, 3.63) is 30.3 Å². The zero-order valence-electron chi connectivity index (χ0n) is 12.4. The van der Waals surface area contributed by atoms with Crippen LogP contribution in [0.1, 0.15) is 26.2 Å². The summed E-state index contributed by atoms with van der Waals surface area (Å²) < 4.78 is 10.9. The Kier molecular flexibility index (Phi) is 5.59. The van der Waals surface area contributed by atoms with Gasteiger partial charge in [-0.25, -0.2) is 0 Å². The molecule has 0 aliphatic carbocycles. The second-order valence-corrected chi connectivity index (χ2v) is 5.38. The predicted octanol–water partition coefficient (Wildman–Crippen LogP) is 1.50. The van der Waals surface area contributed by atoms with E-state index in [4.69, 9.17) is 9.47 Å². The average molecular weight is 293 g/mol. The topological polar surface area (TPSA) is 67.8 Å². The number of hydrogen-bond donors (Lipinski definition) is 2. The van der Waals surface area contributed by atoms with E-state index in [9.17, 15) is 9.90 Å². The minimum atomic E-state index is -0.862. The van der Waals surface area contributed by atoms with Gasteiger partial charge in [-0.1, -0.05) is 25.1 Å². The number of hydrogen-bond acceptors (Lipinski definition) is 4. The molecule has 1 aromatic carbocycles. The highest BCUT2D eigenvalue weighted by Gasteiger charge is 2.31. The molecule has 5 heteroatoms. The predicted molar refractivity (Wildman–Crippen MR) is 79.2 cm³/mol. The lowest BCUT2D eigenvalue weighted by atomic mass is 9.94. The molecular weight excluding hydrogens is 270 g/mol. The maximum absolute atomic E-state index is 12.2. The summed E-state index contributed by atoms with van der Waals surface area (Å²) in [5, 5.41) is 13.1. The zero-order valence-corrected chi connectivity index (χ0v) is 12.4. The number of rotatable bonds is 6. The smallest absolute Gasteiger partial charge is 0.261 e. The maximum Gasteiger partial charge on any atom is 0.261 e. The highest BCUT2D eigenvalue weighted by atomic mass is 16.5. The number of ether oxygens (including phenoxy) is 2. The molecule has 1 aliphatic heterocycles. The number of carbonyl (C=O) groups excluding carboxylic acids is 1. The highest BCUT2D eigenvalue weighted by Crippen LogP contribution is 2.19. The van der Waals surface area contributed by atoms with E-state index in [1.807, 2.05) is 37.3 Å². The molecule has 1 unspecified atom stereocenters. The first kappa shape index (κ1) is 15.8. The van der Waals surface area contributed by atoms with Gasteiger partial charge in [-0.2, -0.15) is 0 Å². The molecule has 21 heavy (non-hydrogen) atoms. The Balaban J connectivity index is 1.85. The molecule has 5 nitrogen and oxygen atoms in total. The van der Waals surface area contributed by atoms with E-state index in [1.54, 1.807) is 0 Å². The molecule has 1 aliphatic rings. The number of benzene rings is 1. The monoisotopic (exact) mass is 293 g/mol.